The quantitative estimate of drug-likeness (QED) is 0.567. The molecule has 0 fully saturated rings. The van der Waals surface area contributed by atoms with Gasteiger partial charge in [0.1, 0.15) is 11.9 Å². The lowest BCUT2D eigenvalue weighted by Crippen LogP contribution is -2.45. The Kier molecular flexibility index (Phi) is 6.59. The van der Waals surface area contributed by atoms with Crippen LogP contribution in [0, 0.1) is 5.41 Å². The molecule has 1 heterocycles. The first-order chi connectivity index (χ1) is 14.9. The molecule has 1 aliphatic rings. The fourth-order valence-electron chi connectivity index (χ4n) is 3.21. The van der Waals surface area contributed by atoms with E-state index in [1.165, 1.54) is 6.07 Å². The number of anilines is 2. The molecule has 0 aliphatic carbocycles. The highest BCUT2D eigenvalue weighted by atomic mass is 35.5. The predicted octanol–water partition coefficient (Wildman–Crippen LogP) is 6.13. The van der Waals surface area contributed by atoms with Crippen molar-refractivity contribution in [2.24, 2.45) is 10.5 Å². The Balaban J connectivity index is 1.81. The Morgan fingerprint density at radius 3 is 2.53 bits per heavy atom. The molecule has 172 valence electrons. The van der Waals surface area contributed by atoms with Crippen molar-refractivity contribution in [3.05, 3.63) is 53.1 Å². The van der Waals surface area contributed by atoms with Crippen molar-refractivity contribution in [3.63, 3.8) is 0 Å². The van der Waals surface area contributed by atoms with Crippen molar-refractivity contribution >= 4 is 34.7 Å². The third-order valence-electron chi connectivity index (χ3n) is 4.92. The summed E-state index contributed by atoms with van der Waals surface area (Å²) in [7, 11) is 1.55. The summed E-state index contributed by atoms with van der Waals surface area (Å²) in [5, 5.41) is 11.2. The van der Waals surface area contributed by atoms with Crippen LogP contribution in [0.5, 0.6) is 5.75 Å². The van der Waals surface area contributed by atoms with E-state index in [1.54, 1.807) is 24.3 Å². The number of alkyl halides is 3. The number of hydrogen-bond acceptors (Lipinski definition) is 4. The van der Waals surface area contributed by atoms with Gasteiger partial charge in [0.25, 0.3) is 0 Å². The molecule has 10 heteroatoms. The maximum absolute atomic E-state index is 13.1. The number of nitrogens with zero attached hydrogens (tertiary/aromatic N) is 2. The van der Waals surface area contributed by atoms with E-state index in [4.69, 9.17) is 21.4 Å². The van der Waals surface area contributed by atoms with E-state index in [9.17, 15) is 18.0 Å². The lowest BCUT2D eigenvalue weighted by molar-refractivity contribution is -0.137. The lowest BCUT2D eigenvalue weighted by atomic mass is 9.88. The SMILES string of the molecule is COc1cccc(N2N=C(C(C)(C)C)CC2NC(=O)Nc2ccc(Cl)c(C(F)(F)F)c2)c1. The van der Waals surface area contributed by atoms with Crippen molar-refractivity contribution in [1.82, 2.24) is 5.32 Å². The van der Waals surface area contributed by atoms with Gasteiger partial charge in [-0.25, -0.2) is 9.80 Å². The lowest BCUT2D eigenvalue weighted by Gasteiger charge is -2.25. The Labute approximate surface area is 189 Å². The molecule has 2 N–H and O–H groups in total. The number of hydrazone groups is 1. The fraction of sp³-hybridized carbons (Fsp3) is 0.364. The maximum Gasteiger partial charge on any atom is 0.417 e. The molecule has 2 aromatic carbocycles. The van der Waals surface area contributed by atoms with Crippen LogP contribution in [0.1, 0.15) is 32.8 Å². The first kappa shape index (κ1) is 23.7. The smallest absolute Gasteiger partial charge is 0.417 e. The first-order valence-corrected chi connectivity index (χ1v) is 10.2. The number of amides is 2. The normalized spacial score (nSPS) is 16.6. The number of urea groups is 1. The van der Waals surface area contributed by atoms with Crippen LogP contribution in [0.25, 0.3) is 0 Å². The predicted molar refractivity (Wildman–Crippen MR) is 119 cm³/mol. The minimum Gasteiger partial charge on any atom is -0.497 e. The molecule has 1 aliphatic heterocycles. The van der Waals surface area contributed by atoms with E-state index in [0.717, 1.165) is 17.8 Å². The van der Waals surface area contributed by atoms with Crippen molar-refractivity contribution in [1.29, 1.82) is 0 Å². The number of carbonyl (C=O) groups is 1. The topological polar surface area (TPSA) is 66.0 Å². The summed E-state index contributed by atoms with van der Waals surface area (Å²) >= 11 is 5.64. The summed E-state index contributed by atoms with van der Waals surface area (Å²) < 4.78 is 44.6. The monoisotopic (exact) mass is 468 g/mol. The summed E-state index contributed by atoms with van der Waals surface area (Å²) in [6.45, 7) is 6.05. The summed E-state index contributed by atoms with van der Waals surface area (Å²) in [4.78, 5) is 12.6. The molecular weight excluding hydrogens is 445 g/mol. The first-order valence-electron chi connectivity index (χ1n) is 9.84. The molecule has 0 radical (unpaired) electrons. The van der Waals surface area contributed by atoms with Gasteiger partial charge in [0, 0.05) is 29.3 Å². The van der Waals surface area contributed by atoms with Crippen molar-refractivity contribution < 1.29 is 22.7 Å². The van der Waals surface area contributed by atoms with Crippen LogP contribution in [0.3, 0.4) is 0 Å². The van der Waals surface area contributed by atoms with Crippen LogP contribution in [0.2, 0.25) is 5.02 Å². The number of benzene rings is 2. The standard InChI is InChI=1S/C22H24ClF3N4O2/c1-21(2,3)18-12-19(30(29-18)14-6-5-7-15(11-14)32-4)28-20(31)27-13-8-9-17(23)16(10-13)22(24,25)26/h5-11,19H,12H2,1-4H3,(H2,27,28,31). The van der Waals surface area contributed by atoms with Gasteiger partial charge in [-0.15, -0.1) is 0 Å². The zero-order valence-electron chi connectivity index (χ0n) is 18.0. The molecule has 0 aromatic heterocycles. The van der Waals surface area contributed by atoms with Crippen LogP contribution >= 0.6 is 11.6 Å². The van der Waals surface area contributed by atoms with Crippen molar-refractivity contribution in [2.75, 3.05) is 17.4 Å². The summed E-state index contributed by atoms with van der Waals surface area (Å²) in [5.74, 6) is 0.631. The van der Waals surface area contributed by atoms with Gasteiger partial charge in [-0.3, -0.25) is 0 Å². The van der Waals surface area contributed by atoms with Crippen LogP contribution in [-0.4, -0.2) is 25.0 Å². The molecule has 32 heavy (non-hydrogen) atoms. The summed E-state index contributed by atoms with van der Waals surface area (Å²) in [6.07, 6.45) is -4.72. The highest BCUT2D eigenvalue weighted by molar-refractivity contribution is 6.31. The van der Waals surface area contributed by atoms with Gasteiger partial charge in [0.2, 0.25) is 0 Å². The summed E-state index contributed by atoms with van der Waals surface area (Å²) in [6, 6.07) is 9.76. The molecule has 0 saturated carbocycles. The van der Waals surface area contributed by atoms with Gasteiger partial charge in [0.05, 0.1) is 23.4 Å². The highest BCUT2D eigenvalue weighted by Gasteiger charge is 2.35. The Morgan fingerprint density at radius 1 is 1.19 bits per heavy atom. The van der Waals surface area contributed by atoms with Crippen LogP contribution in [0.15, 0.2) is 47.6 Å². The van der Waals surface area contributed by atoms with Crippen LogP contribution in [-0.2, 0) is 6.18 Å². The molecule has 1 unspecified atom stereocenters. The number of nitrogens with one attached hydrogen (secondary N) is 2. The van der Waals surface area contributed by atoms with E-state index in [0.29, 0.717) is 17.9 Å². The van der Waals surface area contributed by atoms with Gasteiger partial charge in [0.15, 0.2) is 0 Å². The van der Waals surface area contributed by atoms with E-state index < -0.39 is 29.0 Å². The average Bonchev–Trinajstić information content (AvgIpc) is 3.12. The van der Waals surface area contributed by atoms with E-state index in [2.05, 4.69) is 10.6 Å². The molecule has 0 spiro atoms. The van der Waals surface area contributed by atoms with Gasteiger partial charge in [-0.2, -0.15) is 18.3 Å². The molecule has 2 amide bonds. The number of hydrogen-bond donors (Lipinski definition) is 2. The third kappa shape index (κ3) is 5.45. The molecule has 6 nitrogen and oxygen atoms in total. The van der Waals surface area contributed by atoms with Gasteiger partial charge in [-0.05, 0) is 30.3 Å². The Morgan fingerprint density at radius 2 is 1.91 bits per heavy atom. The second-order valence-corrected chi connectivity index (χ2v) is 8.76. The largest absolute Gasteiger partial charge is 0.497 e. The number of rotatable bonds is 4. The van der Waals surface area contributed by atoms with E-state index >= 15 is 0 Å². The fourth-order valence-corrected chi connectivity index (χ4v) is 3.43. The Bertz CT molecular complexity index is 1030. The highest BCUT2D eigenvalue weighted by Crippen LogP contribution is 2.36. The van der Waals surface area contributed by atoms with Gasteiger partial charge < -0.3 is 15.4 Å². The van der Waals surface area contributed by atoms with Crippen LogP contribution < -0.4 is 20.4 Å². The van der Waals surface area contributed by atoms with Gasteiger partial charge in [-0.1, -0.05) is 38.4 Å². The van der Waals surface area contributed by atoms with Crippen LogP contribution in [0.4, 0.5) is 29.3 Å². The van der Waals surface area contributed by atoms with Crippen molar-refractivity contribution in [2.45, 2.75) is 39.5 Å². The minimum atomic E-state index is -4.63. The van der Waals surface area contributed by atoms with E-state index in [1.807, 2.05) is 32.9 Å². The number of carbonyl (C=O) groups excluding carboxylic acids is 1. The second kappa shape index (κ2) is 8.90. The molecule has 1 atom stereocenters. The molecule has 3 rings (SSSR count). The molecule has 0 bridgehead atoms. The third-order valence-corrected chi connectivity index (χ3v) is 5.25. The maximum atomic E-state index is 13.1. The molecule has 0 saturated heterocycles. The summed E-state index contributed by atoms with van der Waals surface area (Å²) in [5.41, 5.74) is 0.300. The molecule has 2 aromatic rings. The number of methoxy groups -OCH3 is 1. The average molecular weight is 469 g/mol. The zero-order valence-corrected chi connectivity index (χ0v) is 18.8. The Hall–Kier alpha value is -2.94. The van der Waals surface area contributed by atoms with Gasteiger partial charge >= 0.3 is 12.2 Å². The van der Waals surface area contributed by atoms with E-state index in [-0.39, 0.29) is 11.1 Å². The molecular formula is C22H24ClF3N4O2. The zero-order chi connectivity index (χ0) is 23.7. The second-order valence-electron chi connectivity index (χ2n) is 8.35. The number of halogens is 4. The minimum absolute atomic E-state index is 0.0258. The van der Waals surface area contributed by atoms with Crippen molar-refractivity contribution in [3.8, 4) is 5.75 Å². The number of ether oxygens (including phenoxy) is 1.